The molecule has 0 radical (unpaired) electrons. The molecule has 2 aromatic carbocycles. The van der Waals surface area contributed by atoms with Gasteiger partial charge < -0.3 is 5.11 Å². The number of carboxylic acids is 1. The quantitative estimate of drug-likeness (QED) is 0.567. The van der Waals surface area contributed by atoms with Crippen LogP contribution in [0.25, 0.3) is 16.7 Å². The van der Waals surface area contributed by atoms with Crippen LogP contribution in [0.1, 0.15) is 21.5 Å². The van der Waals surface area contributed by atoms with Gasteiger partial charge in [0.15, 0.2) is 0 Å². The molecule has 0 saturated carbocycles. The number of hydrogen-bond donors (Lipinski definition) is 1. The zero-order valence-electron chi connectivity index (χ0n) is 13.6. The highest BCUT2D eigenvalue weighted by atomic mass is 16.4. The van der Waals surface area contributed by atoms with E-state index in [1.807, 2.05) is 30.3 Å². The van der Waals surface area contributed by atoms with E-state index in [-0.39, 0.29) is 5.56 Å². The van der Waals surface area contributed by atoms with Gasteiger partial charge in [0.05, 0.1) is 22.3 Å². The lowest BCUT2D eigenvalue weighted by atomic mass is 10.1. The molecule has 5 nitrogen and oxygen atoms in total. The van der Waals surface area contributed by atoms with Gasteiger partial charge in [0.1, 0.15) is 6.33 Å². The van der Waals surface area contributed by atoms with Crippen molar-refractivity contribution in [1.29, 1.82) is 0 Å². The first-order valence-corrected chi connectivity index (χ1v) is 7.95. The van der Waals surface area contributed by atoms with Crippen LogP contribution in [0.4, 0.5) is 0 Å². The molecule has 0 saturated heterocycles. The molecule has 0 bridgehead atoms. The molecular weight excluding hydrogens is 326 g/mol. The first-order chi connectivity index (χ1) is 12.7. The summed E-state index contributed by atoms with van der Waals surface area (Å²) < 4.78 is 1.77. The van der Waals surface area contributed by atoms with Crippen molar-refractivity contribution in [1.82, 2.24) is 14.5 Å². The number of aromatic carboxylic acids is 1. The van der Waals surface area contributed by atoms with Gasteiger partial charge in [-0.15, -0.1) is 0 Å². The second-order valence-electron chi connectivity index (χ2n) is 5.60. The molecule has 4 aromatic rings. The van der Waals surface area contributed by atoms with E-state index in [1.165, 1.54) is 0 Å². The third-order valence-electron chi connectivity index (χ3n) is 3.98. The van der Waals surface area contributed by atoms with Gasteiger partial charge in [0, 0.05) is 23.5 Å². The van der Waals surface area contributed by atoms with Crippen molar-refractivity contribution < 1.29 is 9.90 Å². The maximum atomic E-state index is 11.8. The van der Waals surface area contributed by atoms with Crippen molar-refractivity contribution in [3.8, 4) is 17.5 Å². The Bertz CT molecular complexity index is 1170. The number of aromatic nitrogens is 3. The van der Waals surface area contributed by atoms with Crippen LogP contribution in [0, 0.1) is 11.8 Å². The topological polar surface area (TPSA) is 68.0 Å². The monoisotopic (exact) mass is 339 g/mol. The summed E-state index contributed by atoms with van der Waals surface area (Å²) in [4.78, 5) is 20.1. The lowest BCUT2D eigenvalue weighted by molar-refractivity contribution is 0.0697. The van der Waals surface area contributed by atoms with E-state index >= 15 is 0 Å². The van der Waals surface area contributed by atoms with Gasteiger partial charge in [-0.05, 0) is 36.4 Å². The minimum absolute atomic E-state index is 0.176. The summed E-state index contributed by atoms with van der Waals surface area (Å²) >= 11 is 0. The lowest BCUT2D eigenvalue weighted by Gasteiger charge is -2.11. The molecule has 0 aliphatic heterocycles. The predicted octanol–water partition coefficient (Wildman–Crippen LogP) is 3.52. The van der Waals surface area contributed by atoms with Gasteiger partial charge in [0.25, 0.3) is 0 Å². The lowest BCUT2D eigenvalue weighted by Crippen LogP contribution is -2.07. The van der Waals surface area contributed by atoms with E-state index in [2.05, 4.69) is 21.8 Å². The summed E-state index contributed by atoms with van der Waals surface area (Å²) in [6.45, 7) is 0. The molecule has 1 N–H and O–H groups in total. The number of benzene rings is 2. The number of hydrogen-bond acceptors (Lipinski definition) is 3. The Hall–Kier alpha value is -3.91. The highest BCUT2D eigenvalue weighted by molar-refractivity contribution is 5.94. The summed E-state index contributed by atoms with van der Waals surface area (Å²) in [6, 6.07) is 16.3. The molecule has 0 atom stereocenters. The van der Waals surface area contributed by atoms with Crippen LogP contribution in [0.15, 0.2) is 73.3 Å². The van der Waals surface area contributed by atoms with E-state index < -0.39 is 5.97 Å². The molecular formula is C21H13N3O2. The molecule has 0 aliphatic carbocycles. The van der Waals surface area contributed by atoms with Gasteiger partial charge in [-0.1, -0.05) is 30.0 Å². The Labute approximate surface area is 149 Å². The summed E-state index contributed by atoms with van der Waals surface area (Å²) in [5.41, 5.74) is 3.73. The van der Waals surface area contributed by atoms with Crippen molar-refractivity contribution >= 4 is 17.0 Å². The fourth-order valence-electron chi connectivity index (χ4n) is 2.79. The average Bonchev–Trinajstić information content (AvgIpc) is 3.10. The Morgan fingerprint density at radius 1 is 0.962 bits per heavy atom. The summed E-state index contributed by atoms with van der Waals surface area (Å²) in [5.74, 6) is 5.14. The molecule has 0 unspecified atom stereocenters. The number of nitrogens with zero attached hydrogens (tertiary/aromatic N) is 3. The van der Waals surface area contributed by atoms with Gasteiger partial charge in [0.2, 0.25) is 0 Å². The van der Waals surface area contributed by atoms with Crippen LogP contribution < -0.4 is 0 Å². The maximum absolute atomic E-state index is 11.8. The van der Waals surface area contributed by atoms with Gasteiger partial charge >= 0.3 is 5.97 Å². The molecule has 0 amide bonds. The minimum atomic E-state index is -1.01. The zero-order valence-corrected chi connectivity index (χ0v) is 13.6. The third kappa shape index (κ3) is 2.80. The van der Waals surface area contributed by atoms with Crippen molar-refractivity contribution in [2.45, 2.75) is 0 Å². The molecule has 124 valence electrons. The van der Waals surface area contributed by atoms with Gasteiger partial charge in [-0.2, -0.15) is 0 Å². The van der Waals surface area contributed by atoms with Crippen LogP contribution >= 0.6 is 0 Å². The molecule has 26 heavy (non-hydrogen) atoms. The van der Waals surface area contributed by atoms with Gasteiger partial charge in [-0.25, -0.2) is 9.78 Å². The number of fused-ring (bicyclic) bond motifs is 1. The van der Waals surface area contributed by atoms with Crippen LogP contribution in [-0.2, 0) is 0 Å². The number of rotatable bonds is 2. The molecule has 0 spiro atoms. The van der Waals surface area contributed by atoms with Crippen molar-refractivity contribution in [3.63, 3.8) is 0 Å². The molecule has 4 rings (SSSR count). The summed E-state index contributed by atoms with van der Waals surface area (Å²) in [7, 11) is 0. The number of carboxylic acid groups (broad SMARTS) is 1. The third-order valence-corrected chi connectivity index (χ3v) is 3.98. The molecule has 0 fully saturated rings. The van der Waals surface area contributed by atoms with E-state index in [4.69, 9.17) is 0 Å². The van der Waals surface area contributed by atoms with Crippen molar-refractivity contribution in [2.24, 2.45) is 0 Å². The Morgan fingerprint density at radius 2 is 1.77 bits per heavy atom. The standard InChI is InChI=1S/C21H13N3O2/c25-21(26)17-5-3-4-16(9-8-15-10-12-22-13-11-15)20(17)24-14-23-18-6-1-2-7-19(18)24/h1-7,10-14H,(H,25,26). The van der Waals surface area contributed by atoms with E-state index in [0.717, 1.165) is 16.6 Å². The van der Waals surface area contributed by atoms with Crippen LogP contribution in [0.2, 0.25) is 0 Å². The fourth-order valence-corrected chi connectivity index (χ4v) is 2.79. The second kappa shape index (κ2) is 6.54. The molecule has 2 heterocycles. The Balaban J connectivity index is 1.95. The molecule has 0 aliphatic rings. The predicted molar refractivity (Wildman–Crippen MR) is 98.2 cm³/mol. The minimum Gasteiger partial charge on any atom is -0.478 e. The van der Waals surface area contributed by atoms with Crippen LogP contribution in [0.3, 0.4) is 0 Å². The maximum Gasteiger partial charge on any atom is 0.337 e. The highest BCUT2D eigenvalue weighted by Gasteiger charge is 2.17. The SMILES string of the molecule is O=C(O)c1cccc(C#Cc2ccncc2)c1-n1cnc2ccccc21. The normalized spacial score (nSPS) is 10.3. The average molecular weight is 339 g/mol. The van der Waals surface area contributed by atoms with E-state index in [1.54, 1.807) is 47.6 Å². The second-order valence-corrected chi connectivity index (χ2v) is 5.60. The van der Waals surface area contributed by atoms with Crippen molar-refractivity contribution in [3.05, 3.63) is 90.0 Å². The first kappa shape index (κ1) is 15.6. The molecule has 2 aromatic heterocycles. The largest absolute Gasteiger partial charge is 0.478 e. The number of imidazole rings is 1. The fraction of sp³-hybridized carbons (Fsp3) is 0. The highest BCUT2D eigenvalue weighted by Crippen LogP contribution is 2.24. The summed E-state index contributed by atoms with van der Waals surface area (Å²) in [6.07, 6.45) is 4.97. The van der Waals surface area contributed by atoms with Crippen molar-refractivity contribution in [2.75, 3.05) is 0 Å². The Morgan fingerprint density at radius 3 is 2.58 bits per heavy atom. The smallest absolute Gasteiger partial charge is 0.337 e. The van der Waals surface area contributed by atoms with Crippen LogP contribution in [0.5, 0.6) is 0 Å². The van der Waals surface area contributed by atoms with Crippen LogP contribution in [-0.4, -0.2) is 25.6 Å². The molecule has 5 heteroatoms. The van der Waals surface area contributed by atoms with E-state index in [9.17, 15) is 9.90 Å². The zero-order chi connectivity index (χ0) is 17.9. The number of carbonyl (C=O) groups is 1. The Kier molecular flexibility index (Phi) is 3.92. The van der Waals surface area contributed by atoms with Gasteiger partial charge in [-0.3, -0.25) is 9.55 Å². The first-order valence-electron chi connectivity index (χ1n) is 7.95. The number of para-hydroxylation sites is 3. The summed E-state index contributed by atoms with van der Waals surface area (Å²) in [5, 5.41) is 9.66. The van der Waals surface area contributed by atoms with E-state index in [0.29, 0.717) is 11.3 Å². The number of pyridine rings is 1.